The van der Waals surface area contributed by atoms with E-state index in [1.165, 1.54) is 11.1 Å². The molecule has 84 valence electrons. The molecule has 15 heavy (non-hydrogen) atoms. The van der Waals surface area contributed by atoms with Gasteiger partial charge in [-0.15, -0.1) is 0 Å². The molecule has 0 amide bonds. The van der Waals surface area contributed by atoms with Crippen molar-refractivity contribution in [1.82, 2.24) is 5.43 Å². The minimum Gasteiger partial charge on any atom is -0.496 e. The van der Waals surface area contributed by atoms with Crippen molar-refractivity contribution in [3.8, 4) is 5.75 Å². The highest BCUT2D eigenvalue weighted by atomic mass is 16.5. The summed E-state index contributed by atoms with van der Waals surface area (Å²) < 4.78 is 5.33. The number of nitrogens with one attached hydrogen (secondary N) is 1. The van der Waals surface area contributed by atoms with Gasteiger partial charge in [0.25, 0.3) is 0 Å². The summed E-state index contributed by atoms with van der Waals surface area (Å²) in [6.45, 7) is 5.13. The second-order valence-corrected chi connectivity index (χ2v) is 3.94. The first-order valence-corrected chi connectivity index (χ1v) is 5.29. The molecular weight excluding hydrogens is 188 g/mol. The van der Waals surface area contributed by atoms with Crippen LogP contribution in [0.2, 0.25) is 0 Å². The zero-order chi connectivity index (χ0) is 11.3. The predicted octanol–water partition coefficient (Wildman–Crippen LogP) is 1.82. The van der Waals surface area contributed by atoms with Crippen molar-refractivity contribution in [3.63, 3.8) is 0 Å². The average molecular weight is 208 g/mol. The van der Waals surface area contributed by atoms with Gasteiger partial charge in [0.15, 0.2) is 0 Å². The first kappa shape index (κ1) is 12.0. The highest BCUT2D eigenvalue weighted by Crippen LogP contribution is 2.27. The van der Waals surface area contributed by atoms with Gasteiger partial charge >= 0.3 is 0 Å². The summed E-state index contributed by atoms with van der Waals surface area (Å²) in [4.78, 5) is 0. The summed E-state index contributed by atoms with van der Waals surface area (Å²) in [6, 6.07) is 6.31. The molecule has 0 radical (unpaired) electrons. The molecular formula is C12H20N2O. The fourth-order valence-corrected chi connectivity index (χ4v) is 1.61. The van der Waals surface area contributed by atoms with Crippen LogP contribution in [0.3, 0.4) is 0 Å². The SMILES string of the molecule is COc1ccc(CCNN)cc1C(C)C. The number of methoxy groups -OCH3 is 1. The Labute approximate surface area is 91.6 Å². The van der Waals surface area contributed by atoms with E-state index in [0.717, 1.165) is 18.7 Å². The van der Waals surface area contributed by atoms with Gasteiger partial charge in [0.2, 0.25) is 0 Å². The van der Waals surface area contributed by atoms with Crippen molar-refractivity contribution in [2.24, 2.45) is 5.84 Å². The van der Waals surface area contributed by atoms with E-state index in [-0.39, 0.29) is 0 Å². The lowest BCUT2D eigenvalue weighted by atomic mass is 9.98. The minimum atomic E-state index is 0.478. The monoisotopic (exact) mass is 208 g/mol. The van der Waals surface area contributed by atoms with E-state index >= 15 is 0 Å². The summed E-state index contributed by atoms with van der Waals surface area (Å²) >= 11 is 0. The van der Waals surface area contributed by atoms with Crippen LogP contribution >= 0.6 is 0 Å². The Morgan fingerprint density at radius 2 is 2.13 bits per heavy atom. The molecule has 0 fully saturated rings. The Balaban J connectivity index is 2.89. The molecule has 3 N–H and O–H groups in total. The highest BCUT2D eigenvalue weighted by molar-refractivity contribution is 5.39. The van der Waals surface area contributed by atoms with Gasteiger partial charge in [-0.1, -0.05) is 26.0 Å². The van der Waals surface area contributed by atoms with Crippen LogP contribution in [0.4, 0.5) is 0 Å². The topological polar surface area (TPSA) is 47.3 Å². The molecule has 0 bridgehead atoms. The lowest BCUT2D eigenvalue weighted by Gasteiger charge is -2.13. The van der Waals surface area contributed by atoms with Crippen LogP contribution in [-0.2, 0) is 6.42 Å². The Morgan fingerprint density at radius 3 is 2.67 bits per heavy atom. The van der Waals surface area contributed by atoms with Gasteiger partial charge in [-0.2, -0.15) is 0 Å². The van der Waals surface area contributed by atoms with Crippen LogP contribution in [0.1, 0.15) is 30.9 Å². The van der Waals surface area contributed by atoms with Gasteiger partial charge in [0.1, 0.15) is 5.75 Å². The van der Waals surface area contributed by atoms with Crippen molar-refractivity contribution in [2.75, 3.05) is 13.7 Å². The third-order valence-electron chi connectivity index (χ3n) is 2.47. The zero-order valence-electron chi connectivity index (χ0n) is 9.71. The lowest BCUT2D eigenvalue weighted by Crippen LogP contribution is -2.24. The summed E-state index contributed by atoms with van der Waals surface area (Å²) in [6.07, 6.45) is 0.945. The molecule has 0 saturated heterocycles. The normalized spacial score (nSPS) is 10.7. The smallest absolute Gasteiger partial charge is 0.122 e. The molecule has 3 nitrogen and oxygen atoms in total. The first-order chi connectivity index (χ1) is 7.19. The maximum absolute atomic E-state index is 5.33. The van der Waals surface area contributed by atoms with Crippen LogP contribution in [0, 0.1) is 0 Å². The Morgan fingerprint density at radius 1 is 1.40 bits per heavy atom. The summed E-state index contributed by atoms with van der Waals surface area (Å²) in [5, 5.41) is 0. The van der Waals surface area contributed by atoms with Crippen LogP contribution in [0.25, 0.3) is 0 Å². The van der Waals surface area contributed by atoms with Crippen LogP contribution in [-0.4, -0.2) is 13.7 Å². The average Bonchev–Trinajstić information content (AvgIpc) is 2.25. The van der Waals surface area contributed by atoms with Crippen molar-refractivity contribution in [3.05, 3.63) is 29.3 Å². The fraction of sp³-hybridized carbons (Fsp3) is 0.500. The van der Waals surface area contributed by atoms with Gasteiger partial charge in [-0.3, -0.25) is 11.3 Å². The van der Waals surface area contributed by atoms with Crippen molar-refractivity contribution >= 4 is 0 Å². The second-order valence-electron chi connectivity index (χ2n) is 3.94. The van der Waals surface area contributed by atoms with Crippen molar-refractivity contribution in [2.45, 2.75) is 26.2 Å². The number of hydrogen-bond donors (Lipinski definition) is 2. The lowest BCUT2D eigenvalue weighted by molar-refractivity contribution is 0.407. The quantitative estimate of drug-likeness (QED) is 0.573. The number of benzene rings is 1. The summed E-state index contributed by atoms with van der Waals surface area (Å²) in [7, 11) is 1.71. The molecule has 0 heterocycles. The zero-order valence-corrected chi connectivity index (χ0v) is 9.71. The summed E-state index contributed by atoms with van der Waals surface area (Å²) in [5.41, 5.74) is 5.21. The molecule has 1 aromatic rings. The molecule has 0 atom stereocenters. The van der Waals surface area contributed by atoms with E-state index in [2.05, 4.69) is 31.4 Å². The highest BCUT2D eigenvalue weighted by Gasteiger charge is 2.07. The third-order valence-corrected chi connectivity index (χ3v) is 2.47. The standard InChI is InChI=1S/C12H20N2O/c1-9(2)11-8-10(6-7-14-13)4-5-12(11)15-3/h4-5,8-9,14H,6-7,13H2,1-3H3. The number of rotatable bonds is 5. The number of hydrogen-bond acceptors (Lipinski definition) is 3. The maximum Gasteiger partial charge on any atom is 0.122 e. The van der Waals surface area contributed by atoms with Gasteiger partial charge in [0, 0.05) is 6.54 Å². The van der Waals surface area contributed by atoms with Crippen LogP contribution < -0.4 is 16.0 Å². The summed E-state index contributed by atoms with van der Waals surface area (Å²) in [5.74, 6) is 6.70. The molecule has 0 saturated carbocycles. The van der Waals surface area contributed by atoms with Gasteiger partial charge in [-0.25, -0.2) is 0 Å². The van der Waals surface area contributed by atoms with Crippen LogP contribution in [0.15, 0.2) is 18.2 Å². The minimum absolute atomic E-state index is 0.478. The Hall–Kier alpha value is -1.06. The largest absolute Gasteiger partial charge is 0.496 e. The molecule has 0 aliphatic heterocycles. The maximum atomic E-state index is 5.33. The Bertz CT molecular complexity index is 310. The van der Waals surface area contributed by atoms with Gasteiger partial charge in [0.05, 0.1) is 7.11 Å². The molecule has 0 spiro atoms. The number of nitrogens with two attached hydrogens (primary N) is 1. The molecule has 1 rings (SSSR count). The first-order valence-electron chi connectivity index (χ1n) is 5.29. The van der Waals surface area contributed by atoms with Crippen molar-refractivity contribution in [1.29, 1.82) is 0 Å². The van der Waals surface area contributed by atoms with E-state index in [0.29, 0.717) is 5.92 Å². The number of hydrazine groups is 1. The van der Waals surface area contributed by atoms with Gasteiger partial charge in [-0.05, 0) is 29.5 Å². The Kier molecular flexibility index (Phi) is 4.59. The molecule has 0 aliphatic rings. The third kappa shape index (κ3) is 3.22. The molecule has 1 aromatic carbocycles. The van der Waals surface area contributed by atoms with E-state index in [1.807, 2.05) is 6.07 Å². The molecule has 3 heteroatoms. The molecule has 0 aromatic heterocycles. The van der Waals surface area contributed by atoms with Crippen LogP contribution in [0.5, 0.6) is 5.75 Å². The molecule has 0 unspecified atom stereocenters. The van der Waals surface area contributed by atoms with Gasteiger partial charge < -0.3 is 4.74 Å². The van der Waals surface area contributed by atoms with Crippen molar-refractivity contribution < 1.29 is 4.74 Å². The number of ether oxygens (including phenoxy) is 1. The second kappa shape index (κ2) is 5.73. The van der Waals surface area contributed by atoms with E-state index < -0.39 is 0 Å². The molecule has 0 aliphatic carbocycles. The van der Waals surface area contributed by atoms with E-state index in [9.17, 15) is 0 Å². The van der Waals surface area contributed by atoms with E-state index in [4.69, 9.17) is 10.6 Å². The predicted molar refractivity (Wildman–Crippen MR) is 63.0 cm³/mol. The fourth-order valence-electron chi connectivity index (χ4n) is 1.61. The van der Waals surface area contributed by atoms with E-state index in [1.54, 1.807) is 7.11 Å².